The lowest BCUT2D eigenvalue weighted by Crippen LogP contribution is -2.23. The van der Waals surface area contributed by atoms with E-state index in [1.165, 1.54) is 31.2 Å². The second-order valence-corrected chi connectivity index (χ2v) is 7.14. The van der Waals surface area contributed by atoms with Gasteiger partial charge in [0.2, 0.25) is 5.91 Å². The van der Waals surface area contributed by atoms with Crippen LogP contribution in [0.2, 0.25) is 0 Å². The van der Waals surface area contributed by atoms with Crippen molar-refractivity contribution in [1.29, 1.82) is 5.26 Å². The van der Waals surface area contributed by atoms with E-state index in [4.69, 9.17) is 0 Å². The zero-order valence-electron chi connectivity index (χ0n) is 16.2. The molecule has 8 heteroatoms. The van der Waals surface area contributed by atoms with Crippen molar-refractivity contribution in [1.82, 2.24) is 4.98 Å². The Morgan fingerprint density at radius 3 is 2.57 bits per heavy atom. The lowest BCUT2D eigenvalue weighted by Gasteiger charge is -2.18. The second-order valence-electron chi connectivity index (χ2n) is 6.30. The minimum absolute atomic E-state index is 0.0766. The number of rotatable bonds is 5. The van der Waals surface area contributed by atoms with Crippen LogP contribution in [0.4, 0.5) is 20.9 Å². The number of nitriles is 1. The minimum atomic E-state index is -0.570. The van der Waals surface area contributed by atoms with Crippen LogP contribution < -0.4 is 10.2 Å². The monoisotopic (exact) mass is 420 g/mol. The van der Waals surface area contributed by atoms with E-state index in [9.17, 15) is 19.2 Å². The number of benzene rings is 2. The molecule has 2 aromatic carbocycles. The molecule has 0 atom stereocenters. The van der Waals surface area contributed by atoms with Crippen LogP contribution in [-0.4, -0.2) is 16.8 Å². The lowest BCUT2D eigenvalue weighted by atomic mass is 10.2. The van der Waals surface area contributed by atoms with Gasteiger partial charge in [-0.3, -0.25) is 14.5 Å². The van der Waals surface area contributed by atoms with Crippen molar-refractivity contribution in [2.75, 3.05) is 10.2 Å². The predicted octanol–water partition coefficient (Wildman–Crippen LogP) is 4.82. The Hall–Kier alpha value is -3.83. The Morgan fingerprint density at radius 1 is 1.20 bits per heavy atom. The third-order valence-electron chi connectivity index (χ3n) is 4.16. The van der Waals surface area contributed by atoms with E-state index in [-0.39, 0.29) is 16.4 Å². The number of hydrogen-bond donors (Lipinski definition) is 1. The molecule has 1 N–H and O–H groups in total. The maximum Gasteiger partial charge on any atom is 0.266 e. The van der Waals surface area contributed by atoms with Crippen LogP contribution >= 0.6 is 11.3 Å². The molecule has 0 saturated carbocycles. The molecule has 0 fully saturated rings. The Morgan fingerprint density at radius 2 is 1.90 bits per heavy atom. The van der Waals surface area contributed by atoms with Gasteiger partial charge in [-0.2, -0.15) is 5.26 Å². The molecule has 0 radical (unpaired) electrons. The largest absolute Gasteiger partial charge is 0.321 e. The maximum atomic E-state index is 14.2. The summed E-state index contributed by atoms with van der Waals surface area (Å²) >= 11 is 1.10. The predicted molar refractivity (Wildman–Crippen MR) is 115 cm³/mol. The molecule has 0 saturated heterocycles. The number of carbonyl (C=O) groups is 2. The zero-order chi connectivity index (χ0) is 21.7. The van der Waals surface area contributed by atoms with Gasteiger partial charge in [0.05, 0.1) is 11.4 Å². The molecule has 0 bridgehead atoms. The van der Waals surface area contributed by atoms with Crippen LogP contribution in [0.1, 0.15) is 18.2 Å². The normalized spacial score (nSPS) is 10.9. The molecule has 0 aliphatic carbocycles. The number of aromatic nitrogens is 1. The Bertz CT molecular complexity index is 1180. The SMILES string of the molecule is CC(=O)N(c1nc(/C=C(\C#N)C(=O)Nc2ccccc2C)cs1)c1ccccc1F. The molecule has 0 unspecified atom stereocenters. The van der Waals surface area contributed by atoms with E-state index in [1.807, 2.05) is 25.1 Å². The van der Waals surface area contributed by atoms with E-state index < -0.39 is 17.6 Å². The summed E-state index contributed by atoms with van der Waals surface area (Å²) in [6, 6.07) is 15.0. The average Bonchev–Trinajstić information content (AvgIpc) is 3.17. The van der Waals surface area contributed by atoms with E-state index in [1.54, 1.807) is 23.6 Å². The van der Waals surface area contributed by atoms with E-state index in [0.717, 1.165) is 21.8 Å². The summed E-state index contributed by atoms with van der Waals surface area (Å²) in [5, 5.41) is 13.9. The molecule has 3 rings (SSSR count). The van der Waals surface area contributed by atoms with Crippen LogP contribution in [0, 0.1) is 24.1 Å². The number of para-hydroxylation sites is 2. The third kappa shape index (κ3) is 4.59. The smallest absolute Gasteiger partial charge is 0.266 e. The number of anilines is 3. The van der Waals surface area contributed by atoms with Gasteiger partial charge in [0.1, 0.15) is 17.5 Å². The first-order valence-corrected chi connectivity index (χ1v) is 9.78. The van der Waals surface area contributed by atoms with Crippen molar-refractivity contribution < 1.29 is 14.0 Å². The van der Waals surface area contributed by atoms with Gasteiger partial charge >= 0.3 is 0 Å². The summed E-state index contributed by atoms with van der Waals surface area (Å²) in [6.07, 6.45) is 1.33. The molecule has 150 valence electrons. The molecule has 30 heavy (non-hydrogen) atoms. The summed E-state index contributed by atoms with van der Waals surface area (Å²) < 4.78 is 14.2. The summed E-state index contributed by atoms with van der Waals surface area (Å²) in [7, 11) is 0. The Labute approximate surface area is 176 Å². The fourth-order valence-electron chi connectivity index (χ4n) is 2.68. The van der Waals surface area contributed by atoms with Crippen LogP contribution in [0.3, 0.4) is 0 Å². The van der Waals surface area contributed by atoms with Crippen molar-refractivity contribution in [3.8, 4) is 6.07 Å². The van der Waals surface area contributed by atoms with E-state index in [0.29, 0.717) is 11.4 Å². The molecule has 3 aromatic rings. The number of thiazole rings is 1. The Balaban J connectivity index is 1.88. The number of nitrogens with one attached hydrogen (secondary N) is 1. The highest BCUT2D eigenvalue weighted by Crippen LogP contribution is 2.31. The summed E-state index contributed by atoms with van der Waals surface area (Å²) in [6.45, 7) is 3.15. The van der Waals surface area contributed by atoms with Crippen molar-refractivity contribution in [3.63, 3.8) is 0 Å². The topological polar surface area (TPSA) is 86.1 Å². The van der Waals surface area contributed by atoms with Crippen LogP contribution in [0.25, 0.3) is 6.08 Å². The van der Waals surface area contributed by atoms with E-state index in [2.05, 4.69) is 10.3 Å². The molecule has 1 aromatic heterocycles. The summed E-state index contributed by atoms with van der Waals surface area (Å²) in [4.78, 5) is 30.0. The third-order valence-corrected chi connectivity index (χ3v) is 5.00. The lowest BCUT2D eigenvalue weighted by molar-refractivity contribution is -0.116. The van der Waals surface area contributed by atoms with E-state index >= 15 is 0 Å². The van der Waals surface area contributed by atoms with Crippen molar-refractivity contribution >= 4 is 45.7 Å². The quantitative estimate of drug-likeness (QED) is 0.474. The molecular weight excluding hydrogens is 403 g/mol. The first-order valence-electron chi connectivity index (χ1n) is 8.90. The van der Waals surface area contributed by atoms with Crippen LogP contribution in [0.5, 0.6) is 0 Å². The van der Waals surface area contributed by atoms with Crippen molar-refractivity contribution in [3.05, 3.63) is 76.6 Å². The van der Waals surface area contributed by atoms with Crippen LogP contribution in [0.15, 0.2) is 59.5 Å². The molecule has 0 spiro atoms. The van der Waals surface area contributed by atoms with Gasteiger partial charge in [-0.05, 0) is 36.8 Å². The van der Waals surface area contributed by atoms with Gasteiger partial charge in [0, 0.05) is 18.0 Å². The average molecular weight is 420 g/mol. The molecule has 6 nitrogen and oxygen atoms in total. The van der Waals surface area contributed by atoms with Crippen LogP contribution in [-0.2, 0) is 9.59 Å². The van der Waals surface area contributed by atoms with Gasteiger partial charge in [0.15, 0.2) is 5.13 Å². The van der Waals surface area contributed by atoms with Crippen molar-refractivity contribution in [2.24, 2.45) is 0 Å². The highest BCUT2D eigenvalue weighted by Gasteiger charge is 2.21. The fourth-order valence-corrected chi connectivity index (χ4v) is 3.52. The first-order chi connectivity index (χ1) is 14.4. The molecule has 0 aliphatic heterocycles. The highest BCUT2D eigenvalue weighted by molar-refractivity contribution is 7.14. The Kier molecular flexibility index (Phi) is 6.35. The number of nitrogens with zero attached hydrogens (tertiary/aromatic N) is 3. The zero-order valence-corrected chi connectivity index (χ0v) is 17.0. The van der Waals surface area contributed by atoms with Gasteiger partial charge in [-0.15, -0.1) is 11.3 Å². The number of hydrogen-bond acceptors (Lipinski definition) is 5. The molecule has 0 aliphatic rings. The minimum Gasteiger partial charge on any atom is -0.321 e. The second kappa shape index (κ2) is 9.11. The van der Waals surface area contributed by atoms with Gasteiger partial charge in [-0.1, -0.05) is 30.3 Å². The molecule has 2 amide bonds. The van der Waals surface area contributed by atoms with Gasteiger partial charge < -0.3 is 5.32 Å². The molecular formula is C22H17FN4O2S. The standard InChI is InChI=1S/C22H17FN4O2S/c1-14-7-3-5-9-19(14)26-21(29)16(12-24)11-17-13-30-22(25-17)27(15(2)28)20-10-6-4-8-18(20)23/h3-11,13H,1-2H3,(H,26,29)/b16-11+. The number of halogens is 1. The fraction of sp³-hybridized carbons (Fsp3) is 0.0909. The van der Waals surface area contributed by atoms with Gasteiger partial charge in [-0.25, -0.2) is 9.37 Å². The number of amides is 2. The van der Waals surface area contributed by atoms with Gasteiger partial charge in [0.25, 0.3) is 5.91 Å². The maximum absolute atomic E-state index is 14.2. The number of carbonyl (C=O) groups excluding carboxylic acids is 2. The summed E-state index contributed by atoms with van der Waals surface area (Å²) in [5.74, 6) is -1.54. The number of aryl methyl sites for hydroxylation is 1. The molecule has 1 heterocycles. The highest BCUT2D eigenvalue weighted by atomic mass is 32.1. The first kappa shape index (κ1) is 20.9. The summed E-state index contributed by atoms with van der Waals surface area (Å²) in [5.41, 5.74) is 1.71. The van der Waals surface area contributed by atoms with Crippen molar-refractivity contribution in [2.45, 2.75) is 13.8 Å².